The monoisotopic (exact) mass is 317 g/mol. The third-order valence-electron chi connectivity index (χ3n) is 2.59. The number of ketones is 2. The Balaban J connectivity index is 2.21. The first-order valence-corrected chi connectivity index (χ1v) is 5.99. The number of Topliss-reactive ketones (excluding diaryl/α,β-unsaturated/α-hetero) is 2. The van der Waals surface area contributed by atoms with E-state index in [0.29, 0.717) is 5.56 Å². The van der Waals surface area contributed by atoms with Gasteiger partial charge in [-0.25, -0.2) is 4.98 Å². The lowest BCUT2D eigenvalue weighted by Gasteiger charge is -2.06. The molecule has 0 unspecified atom stereocenters. The molecule has 0 amide bonds. The van der Waals surface area contributed by atoms with Crippen LogP contribution in [0, 0.1) is 0 Å². The lowest BCUT2D eigenvalue weighted by Crippen LogP contribution is -2.25. The highest BCUT2D eigenvalue weighted by Crippen LogP contribution is 2.28. The third-order valence-corrected chi connectivity index (χ3v) is 2.90. The molecule has 1 aromatic heterocycles. The van der Waals surface area contributed by atoms with Crippen LogP contribution in [0.3, 0.4) is 0 Å². The number of hydrogen-bond acceptors (Lipinski definition) is 4. The van der Waals surface area contributed by atoms with Gasteiger partial charge in [-0.1, -0.05) is 17.7 Å². The molecule has 0 fully saturated rings. The first kappa shape index (κ1) is 15.2. The summed E-state index contributed by atoms with van der Waals surface area (Å²) in [6, 6.07) is 3.82. The van der Waals surface area contributed by atoms with Crippen LogP contribution in [0.5, 0.6) is 0 Å². The van der Waals surface area contributed by atoms with Gasteiger partial charge >= 0.3 is 6.18 Å². The third kappa shape index (κ3) is 3.49. The van der Waals surface area contributed by atoms with Crippen molar-refractivity contribution in [1.29, 1.82) is 0 Å². The first-order chi connectivity index (χ1) is 9.79. The minimum atomic E-state index is -5.03. The van der Waals surface area contributed by atoms with Crippen molar-refractivity contribution in [3.05, 3.63) is 41.2 Å². The molecular formula is C13H7ClF3NO3. The van der Waals surface area contributed by atoms with Gasteiger partial charge in [0, 0.05) is 5.56 Å². The van der Waals surface area contributed by atoms with Crippen molar-refractivity contribution in [2.75, 3.05) is 0 Å². The molecule has 0 aliphatic carbocycles. The van der Waals surface area contributed by atoms with Crippen molar-refractivity contribution in [2.45, 2.75) is 12.6 Å². The highest BCUT2D eigenvalue weighted by molar-refractivity contribution is 6.33. The van der Waals surface area contributed by atoms with E-state index in [4.69, 9.17) is 16.0 Å². The van der Waals surface area contributed by atoms with Gasteiger partial charge in [-0.3, -0.25) is 9.59 Å². The average Bonchev–Trinajstić information content (AvgIpc) is 2.91. The van der Waals surface area contributed by atoms with Crippen LogP contribution in [-0.4, -0.2) is 22.7 Å². The molecule has 0 bridgehead atoms. The number of oxazole rings is 1. The van der Waals surface area contributed by atoms with Gasteiger partial charge in [-0.05, 0) is 12.1 Å². The SMILES string of the molecule is O=C(CC(=O)C(F)(F)F)c1ccc(-c2ncco2)c(Cl)c1. The van der Waals surface area contributed by atoms with Gasteiger partial charge in [0.25, 0.3) is 0 Å². The lowest BCUT2D eigenvalue weighted by atomic mass is 10.0. The van der Waals surface area contributed by atoms with Crippen LogP contribution in [0.15, 0.2) is 35.1 Å². The Bertz CT molecular complexity index is 680. The number of carbonyl (C=O) groups is 2. The van der Waals surface area contributed by atoms with Crippen molar-refractivity contribution in [3.63, 3.8) is 0 Å². The Kier molecular flexibility index (Phi) is 4.13. The molecule has 0 spiro atoms. The maximum absolute atomic E-state index is 12.1. The van der Waals surface area contributed by atoms with E-state index in [1.54, 1.807) is 0 Å². The number of rotatable bonds is 4. The van der Waals surface area contributed by atoms with E-state index in [1.165, 1.54) is 30.7 Å². The summed E-state index contributed by atoms with van der Waals surface area (Å²) in [5.74, 6) is -2.84. The van der Waals surface area contributed by atoms with Crippen LogP contribution >= 0.6 is 11.6 Å². The molecule has 1 heterocycles. The summed E-state index contributed by atoms with van der Waals surface area (Å²) in [4.78, 5) is 26.3. The second-order valence-corrected chi connectivity index (χ2v) is 4.46. The minimum absolute atomic E-state index is 0.0859. The van der Waals surface area contributed by atoms with E-state index >= 15 is 0 Å². The molecule has 110 valence electrons. The van der Waals surface area contributed by atoms with Gasteiger partial charge in [0.15, 0.2) is 5.78 Å². The zero-order valence-corrected chi connectivity index (χ0v) is 11.0. The van der Waals surface area contributed by atoms with Crippen molar-refractivity contribution in [1.82, 2.24) is 4.98 Å². The molecule has 0 N–H and O–H groups in total. The summed E-state index contributed by atoms with van der Waals surface area (Å²) in [5, 5.41) is 0.0859. The van der Waals surface area contributed by atoms with Crippen LogP contribution in [0.1, 0.15) is 16.8 Å². The number of nitrogens with zero attached hydrogens (tertiary/aromatic N) is 1. The Morgan fingerprint density at radius 2 is 2.00 bits per heavy atom. The van der Waals surface area contributed by atoms with E-state index in [1.807, 2.05) is 0 Å². The predicted molar refractivity (Wildman–Crippen MR) is 67.0 cm³/mol. The molecule has 0 saturated carbocycles. The predicted octanol–water partition coefficient (Wildman–Crippen LogP) is 3.70. The number of benzene rings is 1. The zero-order valence-electron chi connectivity index (χ0n) is 10.3. The molecular weight excluding hydrogens is 311 g/mol. The molecule has 2 rings (SSSR count). The van der Waals surface area contributed by atoms with Gasteiger partial charge in [0.1, 0.15) is 6.26 Å². The molecule has 8 heteroatoms. The van der Waals surface area contributed by atoms with Gasteiger partial charge in [0.05, 0.1) is 23.2 Å². The van der Waals surface area contributed by atoms with Gasteiger partial charge in [-0.2, -0.15) is 13.2 Å². The average molecular weight is 318 g/mol. The fourth-order valence-corrected chi connectivity index (χ4v) is 1.83. The van der Waals surface area contributed by atoms with Crippen LogP contribution in [0.4, 0.5) is 13.2 Å². The van der Waals surface area contributed by atoms with Crippen LogP contribution < -0.4 is 0 Å². The number of halogens is 4. The molecule has 0 aliphatic rings. The second-order valence-electron chi connectivity index (χ2n) is 4.05. The summed E-state index contributed by atoms with van der Waals surface area (Å²) >= 11 is 5.93. The molecule has 0 radical (unpaired) electrons. The highest BCUT2D eigenvalue weighted by Gasteiger charge is 2.39. The summed E-state index contributed by atoms with van der Waals surface area (Å²) < 4.78 is 41.3. The summed E-state index contributed by atoms with van der Waals surface area (Å²) in [6.07, 6.45) is -3.56. The number of hydrogen-bond donors (Lipinski definition) is 0. The molecule has 21 heavy (non-hydrogen) atoms. The Labute approximate surface area is 121 Å². The number of aromatic nitrogens is 1. The fourth-order valence-electron chi connectivity index (χ4n) is 1.57. The Morgan fingerprint density at radius 1 is 1.29 bits per heavy atom. The Morgan fingerprint density at radius 3 is 2.52 bits per heavy atom. The summed E-state index contributed by atoms with van der Waals surface area (Å²) in [6.45, 7) is 0. The maximum atomic E-state index is 12.1. The largest absolute Gasteiger partial charge is 0.450 e. The van der Waals surface area contributed by atoms with Gasteiger partial charge in [-0.15, -0.1) is 0 Å². The fraction of sp³-hybridized carbons (Fsp3) is 0.154. The first-order valence-electron chi connectivity index (χ1n) is 5.61. The van der Waals surface area contributed by atoms with Crippen LogP contribution in [-0.2, 0) is 4.79 Å². The molecule has 4 nitrogen and oxygen atoms in total. The van der Waals surface area contributed by atoms with E-state index in [2.05, 4.69) is 4.98 Å². The van der Waals surface area contributed by atoms with Gasteiger partial charge in [0.2, 0.25) is 11.7 Å². The van der Waals surface area contributed by atoms with Crippen LogP contribution in [0.2, 0.25) is 5.02 Å². The smallest absolute Gasteiger partial charge is 0.444 e. The van der Waals surface area contributed by atoms with Crippen molar-refractivity contribution in [2.24, 2.45) is 0 Å². The molecule has 1 aromatic carbocycles. The number of carbonyl (C=O) groups excluding carboxylic acids is 2. The van der Waals surface area contributed by atoms with Crippen molar-refractivity contribution in [3.8, 4) is 11.5 Å². The summed E-state index contributed by atoms with van der Waals surface area (Å²) in [5.41, 5.74) is 0.299. The Hall–Kier alpha value is -2.15. The lowest BCUT2D eigenvalue weighted by molar-refractivity contribution is -0.170. The molecule has 0 aliphatic heterocycles. The molecule has 0 atom stereocenters. The topological polar surface area (TPSA) is 60.2 Å². The van der Waals surface area contributed by atoms with E-state index in [0.717, 1.165) is 0 Å². The minimum Gasteiger partial charge on any atom is -0.444 e. The van der Waals surface area contributed by atoms with Crippen molar-refractivity contribution >= 4 is 23.2 Å². The standard InChI is InChI=1S/C13H7ClF3NO3/c14-9-5-7(10(19)6-11(20)13(15,16)17)1-2-8(9)12-18-3-4-21-12/h1-5H,6H2. The second kappa shape index (κ2) is 5.69. The van der Waals surface area contributed by atoms with Crippen LogP contribution in [0.25, 0.3) is 11.5 Å². The quantitative estimate of drug-likeness (QED) is 0.637. The van der Waals surface area contributed by atoms with E-state index in [-0.39, 0.29) is 16.5 Å². The molecule has 0 saturated heterocycles. The summed E-state index contributed by atoms with van der Waals surface area (Å²) in [7, 11) is 0. The molecule has 2 aromatic rings. The normalized spacial score (nSPS) is 11.4. The highest BCUT2D eigenvalue weighted by atomic mass is 35.5. The zero-order chi connectivity index (χ0) is 15.6. The number of alkyl halides is 3. The van der Waals surface area contributed by atoms with E-state index < -0.39 is 24.2 Å². The van der Waals surface area contributed by atoms with Gasteiger partial charge < -0.3 is 4.42 Å². The van der Waals surface area contributed by atoms with Crippen molar-refractivity contribution < 1.29 is 27.2 Å². The maximum Gasteiger partial charge on any atom is 0.450 e. The van der Waals surface area contributed by atoms with E-state index in [9.17, 15) is 22.8 Å².